The first-order valence-electron chi connectivity index (χ1n) is 2.08. The van der Waals surface area contributed by atoms with E-state index in [1.165, 1.54) is 13.8 Å². The molecule has 0 rings (SSSR count). The maximum atomic E-state index is 9.75. The number of rotatable bonds is 0. The van der Waals surface area contributed by atoms with Crippen molar-refractivity contribution >= 4 is 13.0 Å². The minimum Gasteiger partial charge on any atom is -0.418 e. The van der Waals surface area contributed by atoms with E-state index in [2.05, 4.69) is 0 Å². The van der Waals surface area contributed by atoms with Gasteiger partial charge in [-0.2, -0.15) is 0 Å². The van der Waals surface area contributed by atoms with Crippen LogP contribution < -0.4 is 0 Å². The van der Waals surface area contributed by atoms with Crippen LogP contribution in [0, 0.1) is 0 Å². The van der Waals surface area contributed by atoms with Crippen LogP contribution in [0.2, 0.25) is 0 Å². The van der Waals surface area contributed by atoms with E-state index in [0.717, 1.165) is 0 Å². The predicted octanol–water partition coefficient (Wildman–Crippen LogP) is 1.90. The fourth-order valence-electron chi connectivity index (χ4n) is 0. The van der Waals surface area contributed by atoms with Gasteiger partial charge in [-0.3, -0.25) is 0 Å². The molecule has 0 saturated heterocycles. The molecule has 0 spiro atoms. The second-order valence-corrected chi connectivity index (χ2v) is 1.40. The zero-order valence-electron chi connectivity index (χ0n) is 5.00. The highest BCUT2D eigenvalue weighted by molar-refractivity contribution is 6.50. The van der Waals surface area contributed by atoms with Crippen LogP contribution in [0.4, 0.5) is 17.3 Å². The molecule has 0 N–H and O–H groups in total. The third kappa shape index (κ3) is 747. The van der Waals surface area contributed by atoms with Gasteiger partial charge in [0.15, 0.2) is 0 Å². The summed E-state index contributed by atoms with van der Waals surface area (Å²) in [4.78, 5) is 9.44. The standard InChI is InChI=1S/C3H6O.BF4/c1-3(2)4;2-1(3,4)5/h1-2H3;/q;-1. The van der Waals surface area contributed by atoms with Crippen LogP contribution in [0.5, 0.6) is 0 Å². The van der Waals surface area contributed by atoms with Crippen LogP contribution in [0.15, 0.2) is 0 Å². The van der Waals surface area contributed by atoms with Crippen LogP contribution in [-0.4, -0.2) is 13.0 Å². The van der Waals surface area contributed by atoms with E-state index in [1.807, 2.05) is 0 Å². The molecule has 0 saturated carbocycles. The van der Waals surface area contributed by atoms with Crippen LogP contribution in [0.3, 0.4) is 0 Å². The van der Waals surface area contributed by atoms with Gasteiger partial charge in [-0.15, -0.1) is 0 Å². The van der Waals surface area contributed by atoms with Crippen molar-refractivity contribution in [2.75, 3.05) is 0 Å². The molecule has 0 radical (unpaired) electrons. The number of Topliss-reactive ketones (excluding diaryl/α,β-unsaturated/α-hetero) is 1. The number of carbonyl (C=O) groups excluding carboxylic acids is 1. The monoisotopic (exact) mass is 145 g/mol. The third-order valence-corrected chi connectivity index (χ3v) is 0. The maximum absolute atomic E-state index is 9.75. The number of ketones is 1. The Hall–Kier alpha value is -0.545. The molecule has 0 amide bonds. The first kappa shape index (κ1) is 11.3. The molecule has 0 aliphatic rings. The quantitative estimate of drug-likeness (QED) is 0.375. The van der Waals surface area contributed by atoms with Crippen molar-refractivity contribution in [3.63, 3.8) is 0 Å². The largest absolute Gasteiger partial charge is 0.673 e. The number of hydrogen-bond acceptors (Lipinski definition) is 1. The lowest BCUT2D eigenvalue weighted by Crippen LogP contribution is -2.02. The summed E-state index contributed by atoms with van der Waals surface area (Å²) >= 11 is 0. The van der Waals surface area contributed by atoms with Crippen molar-refractivity contribution in [1.82, 2.24) is 0 Å². The summed E-state index contributed by atoms with van der Waals surface area (Å²) < 4.78 is 39.0. The summed E-state index contributed by atoms with van der Waals surface area (Å²) in [6.45, 7) is 3.06. The van der Waals surface area contributed by atoms with Gasteiger partial charge in [-0.25, -0.2) is 0 Å². The Morgan fingerprint density at radius 2 is 1.11 bits per heavy atom. The smallest absolute Gasteiger partial charge is 0.418 e. The van der Waals surface area contributed by atoms with E-state index < -0.39 is 7.25 Å². The average molecular weight is 145 g/mol. The molecular weight excluding hydrogens is 139 g/mol. The Kier molecular flexibility index (Phi) is 5.44. The van der Waals surface area contributed by atoms with Gasteiger partial charge in [0.2, 0.25) is 0 Å². The normalized spacial score (nSPS) is 9.56. The van der Waals surface area contributed by atoms with E-state index in [9.17, 15) is 22.1 Å². The molecule has 0 aromatic rings. The number of hydrogen-bond donors (Lipinski definition) is 0. The van der Waals surface area contributed by atoms with Gasteiger partial charge < -0.3 is 22.1 Å². The Balaban J connectivity index is 0. The molecule has 9 heavy (non-hydrogen) atoms. The summed E-state index contributed by atoms with van der Waals surface area (Å²) in [6, 6.07) is 0. The Morgan fingerprint density at radius 1 is 1.11 bits per heavy atom. The van der Waals surface area contributed by atoms with Gasteiger partial charge in [-0.05, 0) is 13.8 Å². The zero-order valence-corrected chi connectivity index (χ0v) is 5.00. The SMILES string of the molecule is CC(C)=O.F[B-](F)(F)F. The summed E-state index contributed by atoms with van der Waals surface area (Å²) in [7, 11) is -6.00. The maximum Gasteiger partial charge on any atom is 0.673 e. The number of halogens is 4. The molecule has 1 nitrogen and oxygen atoms in total. The van der Waals surface area contributed by atoms with Gasteiger partial charge >= 0.3 is 7.25 Å². The molecule has 0 atom stereocenters. The van der Waals surface area contributed by atoms with Crippen molar-refractivity contribution in [3.8, 4) is 0 Å². The summed E-state index contributed by atoms with van der Waals surface area (Å²) in [5, 5.41) is 0. The molecule has 0 aromatic heterocycles. The lowest BCUT2D eigenvalue weighted by molar-refractivity contribution is -0.114. The molecule has 0 fully saturated rings. The van der Waals surface area contributed by atoms with Crippen molar-refractivity contribution < 1.29 is 22.1 Å². The Labute approximate surface area is 50.2 Å². The highest BCUT2D eigenvalue weighted by atomic mass is 19.5. The van der Waals surface area contributed by atoms with Gasteiger partial charge in [0.1, 0.15) is 5.78 Å². The minimum atomic E-state index is -6.00. The topological polar surface area (TPSA) is 17.1 Å². The summed E-state index contributed by atoms with van der Waals surface area (Å²) in [6.07, 6.45) is 0. The van der Waals surface area contributed by atoms with Crippen molar-refractivity contribution in [3.05, 3.63) is 0 Å². The van der Waals surface area contributed by atoms with Crippen molar-refractivity contribution in [2.24, 2.45) is 0 Å². The molecule has 0 unspecified atom stereocenters. The lowest BCUT2D eigenvalue weighted by atomic mass is 10.3. The molecular formula is C3H6BF4O-. The van der Waals surface area contributed by atoms with Gasteiger partial charge in [0, 0.05) is 0 Å². The van der Waals surface area contributed by atoms with E-state index >= 15 is 0 Å². The molecule has 0 aromatic carbocycles. The van der Waals surface area contributed by atoms with Gasteiger partial charge in [0.05, 0.1) is 0 Å². The lowest BCUT2D eigenvalue weighted by Gasteiger charge is -1.94. The van der Waals surface area contributed by atoms with Crippen LogP contribution in [0.1, 0.15) is 13.8 Å². The zero-order chi connectivity index (χ0) is 8.08. The Morgan fingerprint density at radius 3 is 1.11 bits per heavy atom. The van der Waals surface area contributed by atoms with Gasteiger partial charge in [-0.1, -0.05) is 0 Å². The molecule has 0 aliphatic heterocycles. The Bertz CT molecular complexity index is 78.3. The fraction of sp³-hybridized carbons (Fsp3) is 0.667. The van der Waals surface area contributed by atoms with E-state index in [-0.39, 0.29) is 5.78 Å². The van der Waals surface area contributed by atoms with E-state index in [0.29, 0.717) is 0 Å². The molecule has 0 aliphatic carbocycles. The second-order valence-electron chi connectivity index (χ2n) is 1.40. The predicted molar refractivity (Wildman–Crippen MR) is 26.5 cm³/mol. The van der Waals surface area contributed by atoms with Crippen LogP contribution in [-0.2, 0) is 4.79 Å². The first-order chi connectivity index (χ1) is 3.73. The molecule has 0 bridgehead atoms. The fourth-order valence-corrected chi connectivity index (χ4v) is 0. The third-order valence-electron chi connectivity index (χ3n) is 0. The second kappa shape index (κ2) is 4.35. The van der Waals surface area contributed by atoms with E-state index in [1.54, 1.807) is 0 Å². The van der Waals surface area contributed by atoms with Crippen molar-refractivity contribution in [1.29, 1.82) is 0 Å². The average Bonchev–Trinajstić information content (AvgIpc) is 1.19. The summed E-state index contributed by atoms with van der Waals surface area (Å²) in [5.74, 6) is 0.167. The summed E-state index contributed by atoms with van der Waals surface area (Å²) in [5.41, 5.74) is 0. The number of carbonyl (C=O) groups is 1. The molecule has 0 heterocycles. The van der Waals surface area contributed by atoms with Gasteiger partial charge in [0.25, 0.3) is 0 Å². The van der Waals surface area contributed by atoms with Crippen molar-refractivity contribution in [2.45, 2.75) is 13.8 Å². The minimum absolute atomic E-state index is 0.167. The first-order valence-corrected chi connectivity index (χ1v) is 2.08. The van der Waals surface area contributed by atoms with E-state index in [4.69, 9.17) is 0 Å². The highest BCUT2D eigenvalue weighted by Crippen LogP contribution is 2.06. The van der Waals surface area contributed by atoms with Crippen LogP contribution in [0.25, 0.3) is 0 Å². The van der Waals surface area contributed by atoms with Crippen LogP contribution >= 0.6 is 0 Å². The molecule has 56 valence electrons. The highest BCUT2D eigenvalue weighted by Gasteiger charge is 2.20. The molecule has 6 heteroatoms.